The first-order valence-corrected chi connectivity index (χ1v) is 11.0. The van der Waals surface area contributed by atoms with Crippen molar-refractivity contribution in [3.63, 3.8) is 0 Å². The average Bonchev–Trinajstić information content (AvgIpc) is 3.04. The lowest BCUT2D eigenvalue weighted by atomic mass is 10.00. The van der Waals surface area contributed by atoms with Gasteiger partial charge >= 0.3 is 0 Å². The second-order valence-electron chi connectivity index (χ2n) is 7.26. The molecule has 4 aromatic rings. The predicted octanol–water partition coefficient (Wildman–Crippen LogP) is 5.26. The zero-order valence-corrected chi connectivity index (χ0v) is 17.3. The number of nitro benzene ring substituents is 1. The van der Waals surface area contributed by atoms with Gasteiger partial charge in [-0.1, -0.05) is 54.1 Å². The van der Waals surface area contributed by atoms with Gasteiger partial charge in [0.15, 0.2) is 9.84 Å². The van der Waals surface area contributed by atoms with Crippen LogP contribution in [0.15, 0.2) is 77.7 Å². The molecule has 4 rings (SSSR count). The van der Waals surface area contributed by atoms with Crippen LogP contribution in [-0.4, -0.2) is 18.3 Å². The maximum atomic E-state index is 13.9. The number of hydrogen-bond donors (Lipinski definition) is 1. The number of H-pyrrole nitrogens is 1. The summed E-state index contributed by atoms with van der Waals surface area (Å²) in [5.41, 5.74) is 2.83. The van der Waals surface area contributed by atoms with Gasteiger partial charge in [-0.2, -0.15) is 0 Å². The van der Waals surface area contributed by atoms with Gasteiger partial charge in [0.1, 0.15) is 5.25 Å². The second kappa shape index (κ2) is 7.42. The lowest BCUT2D eigenvalue weighted by molar-refractivity contribution is -0.385. The van der Waals surface area contributed by atoms with E-state index in [1.165, 1.54) is 12.1 Å². The van der Waals surface area contributed by atoms with Crippen LogP contribution in [0.4, 0.5) is 5.69 Å². The highest BCUT2D eigenvalue weighted by molar-refractivity contribution is 7.92. The summed E-state index contributed by atoms with van der Waals surface area (Å²) in [6.07, 6.45) is 0. The molecular weight excluding hydrogens is 400 g/mol. The van der Waals surface area contributed by atoms with Crippen LogP contribution in [-0.2, 0) is 9.84 Å². The number of benzene rings is 3. The van der Waals surface area contributed by atoms with E-state index < -0.39 is 20.0 Å². The van der Waals surface area contributed by atoms with Crippen molar-refractivity contribution in [2.75, 3.05) is 0 Å². The van der Waals surface area contributed by atoms with E-state index in [4.69, 9.17) is 0 Å². The maximum Gasteiger partial charge on any atom is 0.274 e. The molecule has 0 amide bonds. The quantitative estimate of drug-likeness (QED) is 0.352. The lowest BCUT2D eigenvalue weighted by Gasteiger charge is -2.19. The molecule has 1 atom stereocenters. The Hall–Kier alpha value is -3.45. The summed E-state index contributed by atoms with van der Waals surface area (Å²) in [5, 5.41) is 11.3. The van der Waals surface area contributed by atoms with Gasteiger partial charge in [0.25, 0.3) is 5.69 Å². The van der Waals surface area contributed by atoms with Crippen LogP contribution in [0.2, 0.25) is 0 Å². The van der Waals surface area contributed by atoms with Crippen molar-refractivity contribution in [1.29, 1.82) is 0 Å². The molecule has 0 fully saturated rings. The number of hydrogen-bond acceptors (Lipinski definition) is 4. The molecule has 0 spiro atoms. The highest BCUT2D eigenvalue weighted by Gasteiger charge is 2.38. The lowest BCUT2D eigenvalue weighted by Crippen LogP contribution is -2.17. The van der Waals surface area contributed by atoms with E-state index >= 15 is 0 Å². The van der Waals surface area contributed by atoms with E-state index in [0.717, 1.165) is 16.5 Å². The number of sulfone groups is 1. The van der Waals surface area contributed by atoms with E-state index in [1.54, 1.807) is 43.3 Å². The second-order valence-corrected chi connectivity index (χ2v) is 9.30. The summed E-state index contributed by atoms with van der Waals surface area (Å²) in [7, 11) is -3.99. The monoisotopic (exact) mass is 420 g/mol. The smallest absolute Gasteiger partial charge is 0.274 e. The molecular formula is C23H20N2O4S. The molecule has 3 aromatic carbocycles. The number of nitrogens with zero attached hydrogens (tertiary/aromatic N) is 1. The van der Waals surface area contributed by atoms with Gasteiger partial charge in [-0.25, -0.2) is 8.42 Å². The molecule has 0 aliphatic heterocycles. The van der Waals surface area contributed by atoms with E-state index in [-0.39, 0.29) is 16.1 Å². The zero-order valence-electron chi connectivity index (χ0n) is 16.5. The number of para-hydroxylation sites is 2. The largest absolute Gasteiger partial charge is 0.358 e. The minimum Gasteiger partial charge on any atom is -0.358 e. The topological polar surface area (TPSA) is 93.1 Å². The molecule has 30 heavy (non-hydrogen) atoms. The number of fused-ring (bicyclic) bond motifs is 1. The van der Waals surface area contributed by atoms with Gasteiger partial charge in [-0.05, 0) is 32.0 Å². The van der Waals surface area contributed by atoms with E-state index in [2.05, 4.69) is 4.98 Å². The van der Waals surface area contributed by atoms with Crippen LogP contribution in [0.3, 0.4) is 0 Å². The number of nitrogens with one attached hydrogen (secondary N) is 1. The molecule has 6 nitrogen and oxygen atoms in total. The molecule has 0 radical (unpaired) electrons. The van der Waals surface area contributed by atoms with Crippen LogP contribution in [0.5, 0.6) is 0 Å². The first kappa shape index (κ1) is 19.8. The van der Waals surface area contributed by atoms with Crippen LogP contribution < -0.4 is 0 Å². The summed E-state index contributed by atoms with van der Waals surface area (Å²) < 4.78 is 27.8. The SMILES string of the molecule is Cc1ccc(S(=O)(=O)C(c2ccccc2[N+](=O)[O-])c2c(C)[nH]c3ccccc23)cc1. The van der Waals surface area contributed by atoms with Crippen molar-refractivity contribution in [3.05, 3.63) is 105 Å². The number of aromatic amines is 1. The Morgan fingerprint density at radius 2 is 1.53 bits per heavy atom. The fraction of sp³-hybridized carbons (Fsp3) is 0.130. The third-order valence-corrected chi connectivity index (χ3v) is 7.32. The molecule has 0 aliphatic rings. The fourth-order valence-electron chi connectivity index (χ4n) is 3.85. The molecule has 152 valence electrons. The molecule has 1 aromatic heterocycles. The van der Waals surface area contributed by atoms with E-state index in [1.807, 2.05) is 31.2 Å². The first-order valence-electron chi connectivity index (χ1n) is 9.42. The number of aromatic nitrogens is 1. The van der Waals surface area contributed by atoms with Crippen molar-refractivity contribution in [2.24, 2.45) is 0 Å². The van der Waals surface area contributed by atoms with Gasteiger partial charge < -0.3 is 4.98 Å². The fourth-order valence-corrected chi connectivity index (χ4v) is 5.79. The van der Waals surface area contributed by atoms with Crippen molar-refractivity contribution in [3.8, 4) is 0 Å². The zero-order chi connectivity index (χ0) is 21.5. The Kier molecular flexibility index (Phi) is 4.91. The van der Waals surface area contributed by atoms with Gasteiger partial charge in [-0.15, -0.1) is 0 Å². The highest BCUT2D eigenvalue weighted by Crippen LogP contribution is 2.43. The van der Waals surface area contributed by atoms with Crippen molar-refractivity contribution in [2.45, 2.75) is 24.0 Å². The Balaban J connectivity index is 2.08. The number of aryl methyl sites for hydroxylation is 2. The summed E-state index contributed by atoms with van der Waals surface area (Å²) in [6.45, 7) is 3.67. The van der Waals surface area contributed by atoms with Crippen LogP contribution in [0, 0.1) is 24.0 Å². The molecule has 1 heterocycles. The Morgan fingerprint density at radius 1 is 0.900 bits per heavy atom. The molecule has 0 saturated carbocycles. The minimum atomic E-state index is -3.99. The van der Waals surface area contributed by atoms with Crippen LogP contribution >= 0.6 is 0 Å². The normalized spacial score (nSPS) is 12.7. The summed E-state index contributed by atoms with van der Waals surface area (Å²) in [4.78, 5) is 14.6. The van der Waals surface area contributed by atoms with Crippen LogP contribution in [0.25, 0.3) is 10.9 Å². The van der Waals surface area contributed by atoms with E-state index in [0.29, 0.717) is 11.3 Å². The summed E-state index contributed by atoms with van der Waals surface area (Å²) >= 11 is 0. The van der Waals surface area contributed by atoms with Gasteiger partial charge in [-0.3, -0.25) is 10.1 Å². The Labute approximate surface area is 174 Å². The Bertz CT molecular complexity index is 1360. The Morgan fingerprint density at radius 3 is 2.23 bits per heavy atom. The predicted molar refractivity (Wildman–Crippen MR) is 116 cm³/mol. The highest BCUT2D eigenvalue weighted by atomic mass is 32.2. The molecule has 1 unspecified atom stereocenters. The molecule has 0 aliphatic carbocycles. The average molecular weight is 420 g/mol. The molecule has 1 N–H and O–H groups in total. The summed E-state index contributed by atoms with van der Waals surface area (Å²) in [6, 6.07) is 20.0. The van der Waals surface area contributed by atoms with Gasteiger partial charge in [0.2, 0.25) is 0 Å². The molecule has 7 heteroatoms. The maximum absolute atomic E-state index is 13.9. The van der Waals surface area contributed by atoms with E-state index in [9.17, 15) is 18.5 Å². The number of rotatable bonds is 5. The van der Waals surface area contributed by atoms with Crippen molar-refractivity contribution >= 4 is 26.4 Å². The third-order valence-electron chi connectivity index (χ3n) is 5.28. The number of nitro groups is 1. The third kappa shape index (κ3) is 3.27. The minimum absolute atomic E-state index is 0.126. The molecule has 0 saturated heterocycles. The first-order chi connectivity index (χ1) is 14.3. The van der Waals surface area contributed by atoms with Crippen molar-refractivity contribution < 1.29 is 13.3 Å². The van der Waals surface area contributed by atoms with Gasteiger partial charge in [0.05, 0.1) is 15.4 Å². The standard InChI is InChI=1S/C23H20N2O4S/c1-15-11-13-17(14-12-15)30(28,29)23(19-8-4-6-10-21(19)25(26)27)22-16(2)24-20-9-5-3-7-18(20)22/h3-14,23-24H,1-2H3. The molecule has 0 bridgehead atoms. The summed E-state index contributed by atoms with van der Waals surface area (Å²) in [5.74, 6) is 0. The van der Waals surface area contributed by atoms with Gasteiger partial charge in [0, 0.05) is 28.2 Å². The van der Waals surface area contributed by atoms with Crippen LogP contribution in [0.1, 0.15) is 27.6 Å². The van der Waals surface area contributed by atoms with Crippen molar-refractivity contribution in [1.82, 2.24) is 4.98 Å².